The zero-order valence-electron chi connectivity index (χ0n) is 12.7. The van der Waals surface area contributed by atoms with Crippen molar-refractivity contribution in [1.29, 1.82) is 0 Å². The van der Waals surface area contributed by atoms with Gasteiger partial charge in [-0.3, -0.25) is 0 Å². The van der Waals surface area contributed by atoms with E-state index in [4.69, 9.17) is 0 Å². The first-order chi connectivity index (χ1) is 9.36. The topological polar surface area (TPSA) is 15.3 Å². The van der Waals surface area contributed by atoms with Gasteiger partial charge in [-0.2, -0.15) is 0 Å². The van der Waals surface area contributed by atoms with Crippen LogP contribution >= 0.6 is 0 Å². The Labute approximate surface area is 123 Å². The molecule has 0 spiro atoms. The third-order valence-corrected chi connectivity index (χ3v) is 5.22. The number of likely N-dealkylation sites (tertiary alicyclic amines) is 1. The molecule has 19 heavy (non-hydrogen) atoms. The summed E-state index contributed by atoms with van der Waals surface area (Å²) < 4.78 is 0. The normalized spacial score (nSPS) is 16.7. The van der Waals surface area contributed by atoms with Crippen LogP contribution in [-0.4, -0.2) is 43.7 Å². The molecule has 1 aliphatic heterocycles. The summed E-state index contributed by atoms with van der Waals surface area (Å²) in [6.07, 6.45) is 4.37. The van der Waals surface area contributed by atoms with Crippen molar-refractivity contribution in [1.82, 2.24) is 4.90 Å². The van der Waals surface area contributed by atoms with E-state index >= 15 is 0 Å². The van der Waals surface area contributed by atoms with E-state index in [9.17, 15) is 0 Å². The number of nitrogens with one attached hydrogen (secondary N) is 1. The van der Waals surface area contributed by atoms with Crippen molar-refractivity contribution in [2.24, 2.45) is 0 Å². The maximum absolute atomic E-state index is 3.35. The molecule has 1 heterocycles. The fourth-order valence-corrected chi connectivity index (χ4v) is 3.73. The number of nitrogens with zero attached hydrogens (tertiary/aromatic N) is 1. The average molecular weight is 295 g/mol. The third kappa shape index (κ3) is 8.24. The van der Waals surface area contributed by atoms with Gasteiger partial charge in [-0.15, -0.1) is 0 Å². The highest BCUT2D eigenvalue weighted by Gasteiger charge is 2.07. The number of para-hydroxylation sites is 1. The van der Waals surface area contributed by atoms with Crippen molar-refractivity contribution in [2.45, 2.75) is 38.4 Å². The van der Waals surface area contributed by atoms with Gasteiger partial charge < -0.3 is 9.88 Å². The maximum atomic E-state index is 3.35. The molecule has 1 aliphatic rings. The van der Waals surface area contributed by atoms with E-state index in [1.54, 1.807) is 0 Å². The Balaban J connectivity index is 0.000000191. The average Bonchev–Trinajstić information content (AvgIpc) is 2.48. The molecule has 1 aromatic rings. The lowest BCUT2D eigenvalue weighted by atomic mass is 10.1. The van der Waals surface area contributed by atoms with Crippen LogP contribution in [0.2, 0.25) is 19.1 Å². The highest BCUT2D eigenvalue weighted by atomic mass is 28.2. The monoisotopic (exact) mass is 294 g/mol. The fraction of sp³-hybridized carbons (Fsp3) is 0.600. The first-order valence-corrected chi connectivity index (χ1v) is 12.4. The van der Waals surface area contributed by atoms with Crippen LogP contribution in [-0.2, 0) is 0 Å². The smallest absolute Gasteiger partial charge is 0.117 e. The highest BCUT2D eigenvalue weighted by Crippen LogP contribution is 2.08. The van der Waals surface area contributed by atoms with E-state index in [0.717, 1.165) is 0 Å². The zero-order chi connectivity index (χ0) is 13.8. The van der Waals surface area contributed by atoms with Gasteiger partial charge in [-0.05, 0) is 44.6 Å². The molecule has 1 N–H and O–H groups in total. The molecule has 2 nitrogen and oxygen atoms in total. The summed E-state index contributed by atoms with van der Waals surface area (Å²) in [4.78, 5) is 5.99. The summed E-state index contributed by atoms with van der Waals surface area (Å²) in [5.74, 6) is 0. The van der Waals surface area contributed by atoms with E-state index in [2.05, 4.69) is 35.1 Å². The van der Waals surface area contributed by atoms with Gasteiger partial charge >= 0.3 is 0 Å². The van der Waals surface area contributed by atoms with Gasteiger partial charge in [0, 0.05) is 15.2 Å². The minimum absolute atomic E-state index is 0.0343. The summed E-state index contributed by atoms with van der Waals surface area (Å²) in [5.41, 5.74) is 1.26. The second-order valence-corrected chi connectivity index (χ2v) is 7.92. The van der Waals surface area contributed by atoms with E-state index in [1.165, 1.54) is 50.6 Å². The molecule has 1 aromatic carbocycles. The van der Waals surface area contributed by atoms with Crippen LogP contribution in [0.15, 0.2) is 30.3 Å². The van der Waals surface area contributed by atoms with Crippen LogP contribution in [0.5, 0.6) is 0 Å². The Morgan fingerprint density at radius 1 is 1.05 bits per heavy atom. The van der Waals surface area contributed by atoms with Crippen LogP contribution in [0.4, 0.5) is 5.69 Å². The molecule has 0 bridgehead atoms. The van der Waals surface area contributed by atoms with Gasteiger partial charge in [0.1, 0.15) is 9.68 Å². The second-order valence-electron chi connectivity index (χ2n) is 5.15. The van der Waals surface area contributed by atoms with Gasteiger partial charge in [0.2, 0.25) is 0 Å². The molecule has 0 saturated carbocycles. The highest BCUT2D eigenvalue weighted by molar-refractivity contribution is 6.38. The number of hydrogen-bond donors (Lipinski definition) is 1. The molecule has 1 saturated heterocycles. The lowest BCUT2D eigenvalue weighted by Crippen LogP contribution is -2.30. The number of piperidine rings is 1. The van der Waals surface area contributed by atoms with Crippen LogP contribution in [0, 0.1) is 0 Å². The van der Waals surface area contributed by atoms with Crippen molar-refractivity contribution in [3.05, 3.63) is 30.3 Å². The summed E-state index contributed by atoms with van der Waals surface area (Å²) in [7, 11) is 0.293. The summed E-state index contributed by atoms with van der Waals surface area (Å²) >= 11 is 0. The maximum Gasteiger partial charge on any atom is 0.117 e. The molecule has 4 heteroatoms. The minimum Gasteiger partial charge on any atom is -0.416 e. The van der Waals surface area contributed by atoms with Crippen LogP contribution < -0.4 is 4.98 Å². The number of hydrogen-bond acceptors (Lipinski definition) is 2. The van der Waals surface area contributed by atoms with Crippen molar-refractivity contribution >= 4 is 24.9 Å². The van der Waals surface area contributed by atoms with Crippen LogP contribution in [0.25, 0.3) is 0 Å². The summed E-state index contributed by atoms with van der Waals surface area (Å²) in [5, 5.41) is 0. The number of rotatable bonds is 5. The Morgan fingerprint density at radius 3 is 2.32 bits per heavy atom. The molecule has 0 unspecified atom stereocenters. The molecule has 0 atom stereocenters. The van der Waals surface area contributed by atoms with Gasteiger partial charge in [0.05, 0.1) is 0 Å². The van der Waals surface area contributed by atoms with Gasteiger partial charge in [0.25, 0.3) is 0 Å². The fourth-order valence-electron chi connectivity index (χ4n) is 2.32. The second kappa shape index (κ2) is 11.3. The van der Waals surface area contributed by atoms with Crippen molar-refractivity contribution < 1.29 is 0 Å². The first kappa shape index (κ1) is 16.5. The Hall–Kier alpha value is -0.586. The molecule has 2 rings (SSSR count). The molecule has 0 radical (unpaired) electrons. The zero-order valence-corrected chi connectivity index (χ0v) is 15.5. The summed E-state index contributed by atoms with van der Waals surface area (Å²) in [6.45, 7) is 8.81. The molecule has 1 fully saturated rings. The molecular formula is C15H30N2Si2. The Morgan fingerprint density at radius 2 is 1.74 bits per heavy atom. The minimum atomic E-state index is -0.0343. The van der Waals surface area contributed by atoms with Gasteiger partial charge in [-0.1, -0.05) is 43.8 Å². The third-order valence-electron chi connectivity index (χ3n) is 3.43. The predicted octanol–water partition coefficient (Wildman–Crippen LogP) is 2.34. The van der Waals surface area contributed by atoms with E-state index in [-0.39, 0.29) is 9.68 Å². The van der Waals surface area contributed by atoms with Gasteiger partial charge in [-0.25, -0.2) is 0 Å². The Bertz CT molecular complexity index is 300. The SMILES string of the molecule is C[SiH2]CCN1CCCCC1.C[SiH2]Nc1ccccc1. The van der Waals surface area contributed by atoms with Crippen molar-refractivity contribution in [3.63, 3.8) is 0 Å². The van der Waals surface area contributed by atoms with E-state index in [1.807, 2.05) is 18.2 Å². The predicted molar refractivity (Wildman–Crippen MR) is 94.0 cm³/mol. The lowest BCUT2D eigenvalue weighted by Gasteiger charge is -2.25. The van der Waals surface area contributed by atoms with Crippen LogP contribution in [0.1, 0.15) is 19.3 Å². The quantitative estimate of drug-likeness (QED) is 0.839. The molecule has 0 amide bonds. The van der Waals surface area contributed by atoms with E-state index in [0.29, 0.717) is 9.52 Å². The number of benzene rings is 1. The molecule has 108 valence electrons. The number of anilines is 1. The van der Waals surface area contributed by atoms with E-state index < -0.39 is 0 Å². The summed E-state index contributed by atoms with van der Waals surface area (Å²) in [6, 6.07) is 11.8. The standard InChI is InChI=1S/C8H19NSi.C7H11NSi/c1-10-8-7-9-5-3-2-4-6-9;1-9-8-7-5-3-2-4-6-7/h2-8,10H2,1H3;2-6,8H,9H2,1H3. The van der Waals surface area contributed by atoms with Crippen LogP contribution in [0.3, 0.4) is 0 Å². The molecule has 0 aromatic heterocycles. The lowest BCUT2D eigenvalue weighted by molar-refractivity contribution is 0.240. The first-order valence-electron chi connectivity index (χ1n) is 7.88. The van der Waals surface area contributed by atoms with Crippen molar-refractivity contribution in [3.8, 4) is 0 Å². The van der Waals surface area contributed by atoms with Gasteiger partial charge in [0.15, 0.2) is 0 Å². The molecular weight excluding hydrogens is 264 g/mol. The Kier molecular flexibility index (Phi) is 9.76. The van der Waals surface area contributed by atoms with Crippen molar-refractivity contribution in [2.75, 3.05) is 24.6 Å². The largest absolute Gasteiger partial charge is 0.416 e. The molecule has 0 aliphatic carbocycles.